The molecule has 4 rings (SSSR count). The summed E-state index contributed by atoms with van der Waals surface area (Å²) in [4.78, 5) is 32.1. The Hall–Kier alpha value is -3.42. The molecular formula is C26H25NO5S. The molecule has 6 nitrogen and oxygen atoms in total. The van der Waals surface area contributed by atoms with Gasteiger partial charge in [0, 0.05) is 12.8 Å². The lowest BCUT2D eigenvalue weighted by Gasteiger charge is -2.36. The highest BCUT2D eigenvalue weighted by atomic mass is 32.2. The first-order valence-corrected chi connectivity index (χ1v) is 11.4. The van der Waals surface area contributed by atoms with E-state index in [1.54, 1.807) is 6.92 Å². The van der Waals surface area contributed by atoms with E-state index in [1.165, 1.54) is 11.8 Å². The van der Waals surface area contributed by atoms with Crippen LogP contribution in [-0.4, -0.2) is 38.4 Å². The zero-order chi connectivity index (χ0) is 23.8. The molecule has 0 aromatic heterocycles. The molecule has 1 atom stereocenters. The maximum absolute atomic E-state index is 11.7. The lowest BCUT2D eigenvalue weighted by atomic mass is 9.84. The summed E-state index contributed by atoms with van der Waals surface area (Å²) in [6.45, 7) is 1.75. The van der Waals surface area contributed by atoms with E-state index in [-0.39, 0.29) is 17.9 Å². The molecule has 2 amide bonds. The van der Waals surface area contributed by atoms with Crippen LogP contribution in [0.4, 0.5) is 0 Å². The van der Waals surface area contributed by atoms with Gasteiger partial charge in [-0.3, -0.25) is 19.6 Å². The fraction of sp³-hybridized carbons (Fsp3) is 0.192. The number of carboxylic acid groups (broad SMARTS) is 1. The Morgan fingerprint density at radius 2 is 1.12 bits per heavy atom. The molecule has 7 heteroatoms. The lowest BCUT2D eigenvalue weighted by Crippen LogP contribution is -2.30. The van der Waals surface area contributed by atoms with Crippen LogP contribution in [0.25, 0.3) is 0 Å². The van der Waals surface area contributed by atoms with E-state index >= 15 is 0 Å². The summed E-state index contributed by atoms with van der Waals surface area (Å²) in [5.74, 6) is -1.82. The van der Waals surface area contributed by atoms with Crippen LogP contribution in [0.15, 0.2) is 91.0 Å². The topological polar surface area (TPSA) is 94.9 Å². The minimum atomic E-state index is -0.808. The van der Waals surface area contributed by atoms with Gasteiger partial charge in [-0.05, 0) is 23.6 Å². The molecule has 1 saturated heterocycles. The number of hydrogen-bond donors (Lipinski definition) is 2. The van der Waals surface area contributed by atoms with Crippen molar-refractivity contribution >= 4 is 29.5 Å². The van der Waals surface area contributed by atoms with Crippen molar-refractivity contribution in [2.24, 2.45) is 0 Å². The molecule has 0 spiro atoms. The van der Waals surface area contributed by atoms with Crippen LogP contribution in [-0.2, 0) is 19.1 Å². The summed E-state index contributed by atoms with van der Waals surface area (Å²) in [7, 11) is 0. The molecule has 1 unspecified atom stereocenters. The minimum Gasteiger partial charge on any atom is -0.480 e. The van der Waals surface area contributed by atoms with E-state index in [1.807, 2.05) is 54.6 Å². The second-order valence-corrected chi connectivity index (χ2v) is 9.03. The number of carbonyl (C=O) groups excluding carboxylic acids is 2. The van der Waals surface area contributed by atoms with E-state index in [0.717, 1.165) is 16.7 Å². The van der Waals surface area contributed by atoms with Gasteiger partial charge >= 0.3 is 5.97 Å². The number of thioether (sulfide) groups is 1. The number of nitrogens with zero attached hydrogens (tertiary/aromatic N) is 1. The normalized spacial score (nSPS) is 14.4. The van der Waals surface area contributed by atoms with Crippen LogP contribution >= 0.6 is 11.8 Å². The van der Waals surface area contributed by atoms with E-state index in [2.05, 4.69) is 36.4 Å². The molecule has 3 aromatic rings. The summed E-state index contributed by atoms with van der Waals surface area (Å²) in [6.07, 6.45) is 0.296. The summed E-state index contributed by atoms with van der Waals surface area (Å²) in [5.41, 5.74) is 3.22. The predicted molar refractivity (Wildman–Crippen MR) is 127 cm³/mol. The molecule has 33 heavy (non-hydrogen) atoms. The minimum absolute atomic E-state index is 0.148. The average Bonchev–Trinajstić information content (AvgIpc) is 3.15. The Bertz CT molecular complexity index is 977. The smallest absolute Gasteiger partial charge is 0.316 e. The predicted octanol–water partition coefficient (Wildman–Crippen LogP) is 4.71. The molecule has 3 aromatic carbocycles. The van der Waals surface area contributed by atoms with E-state index in [4.69, 9.17) is 5.21 Å². The van der Waals surface area contributed by atoms with Crippen LogP contribution in [0.3, 0.4) is 0 Å². The van der Waals surface area contributed by atoms with Crippen LogP contribution in [0.1, 0.15) is 36.5 Å². The summed E-state index contributed by atoms with van der Waals surface area (Å²) >= 11 is 1.46. The number of imide groups is 1. The quantitative estimate of drug-likeness (QED) is 0.312. The fourth-order valence-corrected chi connectivity index (χ4v) is 5.05. The van der Waals surface area contributed by atoms with Crippen molar-refractivity contribution in [2.75, 3.05) is 0 Å². The molecule has 0 aliphatic carbocycles. The Morgan fingerprint density at radius 1 is 0.788 bits per heavy atom. The zero-order valence-corrected chi connectivity index (χ0v) is 18.9. The number of benzene rings is 3. The monoisotopic (exact) mass is 463 g/mol. The van der Waals surface area contributed by atoms with Gasteiger partial charge < -0.3 is 5.11 Å². The molecule has 0 saturated carbocycles. The summed E-state index contributed by atoms with van der Waals surface area (Å²) in [5, 5.41) is 17.6. The highest BCUT2D eigenvalue weighted by Gasteiger charge is 2.39. The molecule has 1 heterocycles. The molecule has 1 aliphatic heterocycles. The third-order valence-corrected chi connectivity index (χ3v) is 6.88. The van der Waals surface area contributed by atoms with Crippen molar-refractivity contribution in [1.82, 2.24) is 5.06 Å². The first-order valence-electron chi connectivity index (χ1n) is 10.5. The van der Waals surface area contributed by atoms with E-state index in [0.29, 0.717) is 0 Å². The molecule has 1 fully saturated rings. The second-order valence-electron chi connectivity index (χ2n) is 7.48. The fourth-order valence-electron chi connectivity index (χ4n) is 3.60. The van der Waals surface area contributed by atoms with Crippen molar-refractivity contribution in [3.63, 3.8) is 0 Å². The van der Waals surface area contributed by atoms with Crippen molar-refractivity contribution in [3.05, 3.63) is 108 Å². The molecule has 0 bridgehead atoms. The van der Waals surface area contributed by atoms with Gasteiger partial charge in [-0.2, -0.15) is 5.06 Å². The third-order valence-electron chi connectivity index (χ3n) is 5.27. The summed E-state index contributed by atoms with van der Waals surface area (Å²) in [6, 6.07) is 30.4. The van der Waals surface area contributed by atoms with Gasteiger partial charge in [0.15, 0.2) is 0 Å². The Morgan fingerprint density at radius 3 is 1.36 bits per heavy atom. The van der Waals surface area contributed by atoms with Crippen molar-refractivity contribution in [1.29, 1.82) is 0 Å². The lowest BCUT2D eigenvalue weighted by molar-refractivity contribution is -0.171. The number of amides is 2. The van der Waals surface area contributed by atoms with Gasteiger partial charge in [-0.1, -0.05) is 91.0 Å². The molecular weight excluding hydrogens is 438 g/mol. The number of hydrogen-bond acceptors (Lipinski definition) is 5. The Labute approximate surface area is 196 Å². The maximum atomic E-state index is 11.7. The second kappa shape index (κ2) is 10.9. The van der Waals surface area contributed by atoms with Crippen LogP contribution in [0.5, 0.6) is 0 Å². The highest BCUT2D eigenvalue weighted by Crippen LogP contribution is 2.50. The number of aliphatic carboxylic acids is 1. The molecule has 1 aliphatic rings. The van der Waals surface area contributed by atoms with Gasteiger partial charge in [0.1, 0.15) is 5.25 Å². The zero-order valence-electron chi connectivity index (χ0n) is 18.1. The SMILES string of the molecule is CC(SC(c1ccccc1)(c1ccccc1)c1ccccc1)C(=O)O.O=C1CCC(=O)N1O. The highest BCUT2D eigenvalue weighted by molar-refractivity contribution is 8.01. The van der Waals surface area contributed by atoms with Crippen molar-refractivity contribution in [2.45, 2.75) is 29.8 Å². The van der Waals surface area contributed by atoms with Crippen molar-refractivity contribution < 1.29 is 24.7 Å². The maximum Gasteiger partial charge on any atom is 0.316 e. The first-order chi connectivity index (χ1) is 15.9. The van der Waals surface area contributed by atoms with Crippen molar-refractivity contribution in [3.8, 4) is 0 Å². The first kappa shape index (κ1) is 24.2. The van der Waals surface area contributed by atoms with Gasteiger partial charge in [0.25, 0.3) is 11.8 Å². The largest absolute Gasteiger partial charge is 0.480 e. The van der Waals surface area contributed by atoms with Gasteiger partial charge in [-0.15, -0.1) is 11.8 Å². The van der Waals surface area contributed by atoms with Crippen LogP contribution < -0.4 is 0 Å². The van der Waals surface area contributed by atoms with Gasteiger partial charge in [0.2, 0.25) is 0 Å². The number of carboxylic acids is 1. The van der Waals surface area contributed by atoms with Gasteiger partial charge in [0.05, 0.1) is 4.75 Å². The van der Waals surface area contributed by atoms with E-state index in [9.17, 15) is 19.5 Å². The standard InChI is InChI=1S/C22H20O2S.C4H5NO3/c1-17(21(23)24)25-22(18-11-5-2-6-12-18,19-13-7-3-8-14-19)20-15-9-4-10-16-20;6-3-1-2-4(7)5(3)8/h2-17H,1H3,(H,23,24);8H,1-2H2. The number of carbonyl (C=O) groups is 3. The Kier molecular flexibility index (Phi) is 8.03. The Balaban J connectivity index is 0.000000323. The van der Waals surface area contributed by atoms with Crippen LogP contribution in [0, 0.1) is 0 Å². The average molecular weight is 464 g/mol. The van der Waals surface area contributed by atoms with Crippen LogP contribution in [0.2, 0.25) is 0 Å². The molecule has 170 valence electrons. The number of hydroxylamine groups is 2. The molecule has 2 N–H and O–H groups in total. The third kappa shape index (κ3) is 5.50. The van der Waals surface area contributed by atoms with Gasteiger partial charge in [-0.25, -0.2) is 0 Å². The number of rotatable bonds is 6. The summed E-state index contributed by atoms with van der Waals surface area (Å²) < 4.78 is -0.582. The molecule has 0 radical (unpaired) electrons. The van der Waals surface area contributed by atoms with E-state index < -0.39 is 27.8 Å².